The minimum atomic E-state index is 0.810. The van der Waals surface area contributed by atoms with Crippen LogP contribution in [-0.4, -0.2) is 20.0 Å². The largest absolute Gasteiger partial charge is 0.201 e. The van der Waals surface area contributed by atoms with Crippen molar-refractivity contribution in [1.29, 1.82) is 0 Å². The molecule has 2 heterocycles. The van der Waals surface area contributed by atoms with E-state index in [4.69, 9.17) is 0 Å². The van der Waals surface area contributed by atoms with Gasteiger partial charge in [0.2, 0.25) is 0 Å². The summed E-state index contributed by atoms with van der Waals surface area (Å²) in [5, 5.41) is 11.1. The van der Waals surface area contributed by atoms with Gasteiger partial charge in [0.15, 0.2) is 5.65 Å². The van der Waals surface area contributed by atoms with Crippen molar-refractivity contribution in [2.24, 2.45) is 0 Å². The molecule has 2 aromatic rings. The van der Waals surface area contributed by atoms with E-state index in [2.05, 4.69) is 22.4 Å². The normalized spacial score (nSPS) is 10.6. The zero-order chi connectivity index (χ0) is 7.68. The maximum Gasteiger partial charge on any atom is 0.179 e. The van der Waals surface area contributed by atoms with Gasteiger partial charge in [0.1, 0.15) is 0 Å². The zero-order valence-corrected chi connectivity index (χ0v) is 6.23. The Morgan fingerprint density at radius 1 is 1.55 bits per heavy atom. The van der Waals surface area contributed by atoms with E-state index in [-0.39, 0.29) is 0 Å². The number of tetrazole rings is 1. The van der Waals surface area contributed by atoms with Crippen LogP contribution in [0.2, 0.25) is 0 Å². The summed E-state index contributed by atoms with van der Waals surface area (Å²) in [6.45, 7) is 2.11. The Balaban J connectivity index is 2.67. The topological polar surface area (TPSA) is 43.1 Å². The molecule has 2 aromatic heterocycles. The van der Waals surface area contributed by atoms with Gasteiger partial charge in [-0.25, -0.2) is 4.52 Å². The molecule has 0 N–H and O–H groups in total. The lowest BCUT2D eigenvalue weighted by Crippen LogP contribution is -1.88. The minimum Gasteiger partial charge on any atom is -0.201 e. The second-order valence-corrected chi connectivity index (χ2v) is 2.37. The van der Waals surface area contributed by atoms with E-state index < -0.39 is 0 Å². The van der Waals surface area contributed by atoms with E-state index in [1.165, 1.54) is 5.56 Å². The third-order valence-electron chi connectivity index (χ3n) is 1.67. The summed E-state index contributed by atoms with van der Waals surface area (Å²) < 4.78 is 1.65. The molecule has 0 aliphatic carbocycles. The van der Waals surface area contributed by atoms with Crippen molar-refractivity contribution in [2.75, 3.05) is 0 Å². The predicted octanol–water partition coefficient (Wildman–Crippen LogP) is 0.687. The molecule has 0 spiro atoms. The quantitative estimate of drug-likeness (QED) is 0.597. The van der Waals surface area contributed by atoms with Crippen molar-refractivity contribution in [3.63, 3.8) is 0 Å². The zero-order valence-electron chi connectivity index (χ0n) is 6.23. The van der Waals surface area contributed by atoms with Gasteiger partial charge in [-0.05, 0) is 34.5 Å². The van der Waals surface area contributed by atoms with Crippen molar-refractivity contribution >= 4 is 5.65 Å². The van der Waals surface area contributed by atoms with Gasteiger partial charge in [0.25, 0.3) is 0 Å². The van der Waals surface area contributed by atoms with Gasteiger partial charge in [0, 0.05) is 6.20 Å². The van der Waals surface area contributed by atoms with Crippen molar-refractivity contribution in [2.45, 2.75) is 13.3 Å². The van der Waals surface area contributed by atoms with Crippen LogP contribution in [0.15, 0.2) is 18.3 Å². The molecular formula is C7H8N4. The number of hydrogen-bond acceptors (Lipinski definition) is 3. The first-order valence-corrected chi connectivity index (χ1v) is 3.57. The monoisotopic (exact) mass is 148 g/mol. The van der Waals surface area contributed by atoms with Gasteiger partial charge in [0.05, 0.1) is 0 Å². The van der Waals surface area contributed by atoms with E-state index in [1.54, 1.807) is 4.52 Å². The van der Waals surface area contributed by atoms with Crippen LogP contribution in [0.4, 0.5) is 0 Å². The summed E-state index contributed by atoms with van der Waals surface area (Å²) in [5.74, 6) is 0. The molecule has 0 saturated heterocycles. The van der Waals surface area contributed by atoms with Crippen molar-refractivity contribution in [3.05, 3.63) is 23.9 Å². The van der Waals surface area contributed by atoms with E-state index in [9.17, 15) is 0 Å². The third-order valence-corrected chi connectivity index (χ3v) is 1.67. The Morgan fingerprint density at radius 2 is 2.45 bits per heavy atom. The fourth-order valence-corrected chi connectivity index (χ4v) is 1.00. The molecule has 0 bridgehead atoms. The number of aryl methyl sites for hydroxylation is 1. The molecular weight excluding hydrogens is 140 g/mol. The van der Waals surface area contributed by atoms with Gasteiger partial charge in [-0.1, -0.05) is 6.92 Å². The SMILES string of the molecule is CCc1ccn2nnnc2c1. The summed E-state index contributed by atoms with van der Waals surface area (Å²) in [4.78, 5) is 0. The van der Waals surface area contributed by atoms with E-state index >= 15 is 0 Å². The second-order valence-electron chi connectivity index (χ2n) is 2.37. The minimum absolute atomic E-state index is 0.810. The lowest BCUT2D eigenvalue weighted by Gasteiger charge is -1.93. The molecule has 0 fully saturated rings. The summed E-state index contributed by atoms with van der Waals surface area (Å²) in [5.41, 5.74) is 2.07. The third kappa shape index (κ3) is 0.960. The van der Waals surface area contributed by atoms with Crippen molar-refractivity contribution < 1.29 is 0 Å². The highest BCUT2D eigenvalue weighted by atomic mass is 15.5. The van der Waals surface area contributed by atoms with Gasteiger partial charge in [-0.3, -0.25) is 0 Å². The molecule has 56 valence electrons. The van der Waals surface area contributed by atoms with Gasteiger partial charge in [-0.15, -0.1) is 5.10 Å². The van der Waals surface area contributed by atoms with Gasteiger partial charge < -0.3 is 0 Å². The Morgan fingerprint density at radius 3 is 3.27 bits per heavy atom. The second kappa shape index (κ2) is 2.30. The number of hydrogen-bond donors (Lipinski definition) is 0. The first kappa shape index (κ1) is 6.27. The highest BCUT2D eigenvalue weighted by Gasteiger charge is 1.95. The smallest absolute Gasteiger partial charge is 0.179 e. The lowest BCUT2D eigenvalue weighted by atomic mass is 10.2. The Hall–Kier alpha value is -1.45. The average Bonchev–Trinajstić information content (AvgIpc) is 2.50. The number of aromatic nitrogens is 4. The fourth-order valence-electron chi connectivity index (χ4n) is 1.00. The molecule has 0 aliphatic rings. The first-order chi connectivity index (χ1) is 5.40. The van der Waals surface area contributed by atoms with Crippen LogP contribution in [0.1, 0.15) is 12.5 Å². The van der Waals surface area contributed by atoms with Crippen molar-refractivity contribution in [3.8, 4) is 0 Å². The maximum atomic E-state index is 3.83. The molecule has 2 rings (SSSR count). The van der Waals surface area contributed by atoms with Crippen LogP contribution in [-0.2, 0) is 6.42 Å². The molecule has 4 nitrogen and oxygen atoms in total. The number of rotatable bonds is 1. The fraction of sp³-hybridized carbons (Fsp3) is 0.286. The Bertz CT molecular complexity index is 365. The summed E-state index contributed by atoms with van der Waals surface area (Å²) in [6.07, 6.45) is 2.89. The van der Waals surface area contributed by atoms with Crippen LogP contribution < -0.4 is 0 Å². The maximum absolute atomic E-state index is 3.83. The van der Waals surface area contributed by atoms with Gasteiger partial charge >= 0.3 is 0 Å². The molecule has 0 radical (unpaired) electrons. The van der Waals surface area contributed by atoms with Gasteiger partial charge in [-0.2, -0.15) is 0 Å². The molecule has 0 aliphatic heterocycles. The van der Waals surface area contributed by atoms with E-state index in [0.29, 0.717) is 0 Å². The summed E-state index contributed by atoms with van der Waals surface area (Å²) in [7, 11) is 0. The Labute approximate surface area is 63.8 Å². The van der Waals surface area contributed by atoms with Crippen LogP contribution >= 0.6 is 0 Å². The predicted molar refractivity (Wildman–Crippen MR) is 40.2 cm³/mol. The molecule has 0 aromatic carbocycles. The lowest BCUT2D eigenvalue weighted by molar-refractivity contribution is 0.822. The summed E-state index contributed by atoms with van der Waals surface area (Å²) >= 11 is 0. The Kier molecular flexibility index (Phi) is 1.31. The number of pyridine rings is 1. The molecule has 4 heteroatoms. The number of nitrogens with zero attached hydrogens (tertiary/aromatic N) is 4. The molecule has 11 heavy (non-hydrogen) atoms. The summed E-state index contributed by atoms with van der Waals surface area (Å²) in [6, 6.07) is 4.00. The molecule has 0 amide bonds. The highest BCUT2D eigenvalue weighted by molar-refractivity contribution is 5.38. The van der Waals surface area contributed by atoms with Crippen molar-refractivity contribution in [1.82, 2.24) is 20.0 Å². The first-order valence-electron chi connectivity index (χ1n) is 3.57. The molecule has 0 atom stereocenters. The molecule has 0 saturated carbocycles. The van der Waals surface area contributed by atoms with Crippen LogP contribution in [0, 0.1) is 0 Å². The van der Waals surface area contributed by atoms with E-state index in [0.717, 1.165) is 12.1 Å². The van der Waals surface area contributed by atoms with Crippen LogP contribution in [0.25, 0.3) is 5.65 Å². The highest BCUT2D eigenvalue weighted by Crippen LogP contribution is 2.02. The average molecular weight is 148 g/mol. The number of fused-ring (bicyclic) bond motifs is 1. The van der Waals surface area contributed by atoms with E-state index in [1.807, 2.05) is 18.3 Å². The van der Waals surface area contributed by atoms with Crippen LogP contribution in [0.3, 0.4) is 0 Å². The standard InChI is InChI=1S/C7H8N4/c1-2-6-3-4-11-7(5-6)8-9-10-11/h3-5H,2H2,1H3. The molecule has 0 unspecified atom stereocenters. The van der Waals surface area contributed by atoms with Crippen LogP contribution in [0.5, 0.6) is 0 Å².